The van der Waals surface area contributed by atoms with Gasteiger partial charge in [-0.1, -0.05) is 35.9 Å². The smallest absolute Gasteiger partial charge is 0.298 e. The lowest BCUT2D eigenvalue weighted by molar-refractivity contribution is -0.113. The maximum absolute atomic E-state index is 13.0. The summed E-state index contributed by atoms with van der Waals surface area (Å²) in [5.74, 6) is 0.641. The van der Waals surface area contributed by atoms with Crippen LogP contribution in [0.3, 0.4) is 0 Å². The van der Waals surface area contributed by atoms with Crippen molar-refractivity contribution in [1.82, 2.24) is 0 Å². The predicted molar refractivity (Wildman–Crippen MR) is 146 cm³/mol. The van der Waals surface area contributed by atoms with Crippen LogP contribution in [0, 0.1) is 14.9 Å². The van der Waals surface area contributed by atoms with Gasteiger partial charge in [-0.05, 0) is 89.3 Å². The van der Waals surface area contributed by atoms with Crippen molar-refractivity contribution in [2.75, 3.05) is 11.5 Å². The lowest BCUT2D eigenvalue weighted by atomic mass is 10.1. The number of amides is 2. The monoisotopic (exact) mass is 616 g/mol. The van der Waals surface area contributed by atoms with Gasteiger partial charge in [0.15, 0.2) is 11.5 Å². The summed E-state index contributed by atoms with van der Waals surface area (Å²) in [4.78, 5) is 27.0. The van der Waals surface area contributed by atoms with Gasteiger partial charge in [0.05, 0.1) is 32.4 Å². The number of carbonyl (C=O) groups is 2. The van der Waals surface area contributed by atoms with Crippen LogP contribution in [0.1, 0.15) is 23.6 Å². The van der Waals surface area contributed by atoms with Crippen LogP contribution in [0.25, 0.3) is 6.08 Å². The molecule has 1 aliphatic heterocycles. The number of benzene rings is 3. The molecule has 6 nitrogen and oxygen atoms in total. The van der Waals surface area contributed by atoms with E-state index >= 15 is 0 Å². The Morgan fingerprint density at radius 1 is 1.11 bits per heavy atom. The number of nitriles is 1. The molecule has 4 rings (SSSR count). The van der Waals surface area contributed by atoms with Crippen LogP contribution in [-0.2, 0) is 11.4 Å². The topological polar surface area (TPSA) is 79.6 Å². The van der Waals surface area contributed by atoms with Gasteiger partial charge < -0.3 is 9.47 Å². The summed E-state index contributed by atoms with van der Waals surface area (Å²) in [6, 6.07) is 19.6. The summed E-state index contributed by atoms with van der Waals surface area (Å²) in [6.45, 7) is 2.48. The molecule has 1 saturated heterocycles. The second kappa shape index (κ2) is 11.2. The molecule has 0 atom stereocenters. The summed E-state index contributed by atoms with van der Waals surface area (Å²) in [6.07, 6.45) is 1.66. The summed E-state index contributed by atoms with van der Waals surface area (Å²) in [5, 5.41) is 9.37. The lowest BCUT2D eigenvalue weighted by Gasteiger charge is -2.15. The molecule has 0 N–H and O–H groups in total. The minimum Gasteiger partial charge on any atom is -0.490 e. The quantitative estimate of drug-likeness (QED) is 0.209. The van der Waals surface area contributed by atoms with Crippen molar-refractivity contribution in [3.63, 3.8) is 0 Å². The normalized spacial score (nSPS) is 14.3. The Morgan fingerprint density at radius 3 is 2.66 bits per heavy atom. The molecule has 0 saturated carbocycles. The number of thioether (sulfide) groups is 1. The number of halogens is 2. The van der Waals surface area contributed by atoms with Crippen LogP contribution < -0.4 is 14.4 Å². The van der Waals surface area contributed by atoms with Crippen molar-refractivity contribution in [2.45, 2.75) is 13.5 Å². The molecule has 0 aromatic heterocycles. The zero-order valence-corrected chi connectivity index (χ0v) is 22.2. The van der Waals surface area contributed by atoms with E-state index in [1.807, 2.05) is 25.1 Å². The summed E-state index contributed by atoms with van der Waals surface area (Å²) >= 11 is 9.04. The minimum atomic E-state index is -0.413. The molecule has 0 spiro atoms. The van der Waals surface area contributed by atoms with E-state index in [0.717, 1.165) is 25.8 Å². The standard InChI is InChI=1S/C26H18ClIN2O4S/c1-2-33-22-11-16(10-21(28)24(22)34-15-18-7-4-3-6-17(18)14-29)12-23-25(31)30(26(32)35-23)20-9-5-8-19(27)13-20/h3-13H,2,15H2,1H3/b23-12+. The van der Waals surface area contributed by atoms with Gasteiger partial charge in [0, 0.05) is 10.6 Å². The average Bonchev–Trinajstić information content (AvgIpc) is 3.11. The van der Waals surface area contributed by atoms with Crippen LogP contribution in [0.15, 0.2) is 65.6 Å². The number of hydrogen-bond donors (Lipinski definition) is 0. The highest BCUT2D eigenvalue weighted by molar-refractivity contribution is 14.1. The molecule has 0 aliphatic carbocycles. The minimum absolute atomic E-state index is 0.206. The number of ether oxygens (including phenoxy) is 2. The largest absolute Gasteiger partial charge is 0.490 e. The molecule has 0 radical (unpaired) electrons. The Balaban J connectivity index is 1.62. The van der Waals surface area contributed by atoms with Crippen LogP contribution in [0.4, 0.5) is 10.5 Å². The number of nitrogens with zero attached hydrogens (tertiary/aromatic N) is 2. The molecular formula is C26H18ClIN2O4S. The Bertz CT molecular complexity index is 1390. The Morgan fingerprint density at radius 2 is 1.91 bits per heavy atom. The van der Waals surface area contributed by atoms with Crippen molar-refractivity contribution in [2.24, 2.45) is 0 Å². The first-order valence-corrected chi connectivity index (χ1v) is 12.8. The third kappa shape index (κ3) is 5.64. The molecule has 1 heterocycles. The van der Waals surface area contributed by atoms with Gasteiger partial charge in [0.25, 0.3) is 11.1 Å². The van der Waals surface area contributed by atoms with Gasteiger partial charge in [-0.2, -0.15) is 5.26 Å². The highest BCUT2D eigenvalue weighted by atomic mass is 127. The van der Waals surface area contributed by atoms with E-state index in [4.69, 9.17) is 21.1 Å². The van der Waals surface area contributed by atoms with E-state index in [1.165, 1.54) is 0 Å². The van der Waals surface area contributed by atoms with Gasteiger partial charge in [-0.15, -0.1) is 0 Å². The molecule has 176 valence electrons. The molecular weight excluding hydrogens is 599 g/mol. The van der Waals surface area contributed by atoms with Crippen molar-refractivity contribution in [1.29, 1.82) is 5.26 Å². The van der Waals surface area contributed by atoms with Crippen LogP contribution in [0.2, 0.25) is 5.02 Å². The van der Waals surface area contributed by atoms with Crippen molar-refractivity contribution in [3.8, 4) is 17.6 Å². The average molecular weight is 617 g/mol. The fourth-order valence-electron chi connectivity index (χ4n) is 3.44. The molecule has 1 fully saturated rings. The lowest BCUT2D eigenvalue weighted by Crippen LogP contribution is -2.27. The molecule has 0 bridgehead atoms. The molecule has 1 aliphatic rings. The van der Waals surface area contributed by atoms with Crippen LogP contribution >= 0.6 is 46.0 Å². The number of rotatable bonds is 7. The van der Waals surface area contributed by atoms with E-state index in [9.17, 15) is 14.9 Å². The third-order valence-electron chi connectivity index (χ3n) is 5.00. The SMILES string of the molecule is CCOc1cc(/C=C2/SC(=O)N(c3cccc(Cl)c3)C2=O)cc(I)c1OCc1ccccc1C#N. The van der Waals surface area contributed by atoms with Gasteiger partial charge in [0.1, 0.15) is 6.61 Å². The zero-order chi connectivity index (χ0) is 24.9. The van der Waals surface area contributed by atoms with Gasteiger partial charge in [0.2, 0.25) is 0 Å². The predicted octanol–water partition coefficient (Wildman–Crippen LogP) is 7.03. The second-order valence-electron chi connectivity index (χ2n) is 7.32. The Labute approximate surface area is 225 Å². The molecule has 9 heteroatoms. The fraction of sp³-hybridized carbons (Fsp3) is 0.115. The zero-order valence-electron chi connectivity index (χ0n) is 18.5. The van der Waals surface area contributed by atoms with E-state index in [-0.39, 0.29) is 11.8 Å². The number of hydrogen-bond acceptors (Lipinski definition) is 6. The Hall–Kier alpha value is -3.00. The summed E-state index contributed by atoms with van der Waals surface area (Å²) < 4.78 is 12.6. The van der Waals surface area contributed by atoms with E-state index < -0.39 is 5.91 Å². The van der Waals surface area contributed by atoms with Crippen molar-refractivity contribution in [3.05, 3.63) is 90.9 Å². The van der Waals surface area contributed by atoms with E-state index in [1.54, 1.807) is 48.5 Å². The maximum Gasteiger partial charge on any atom is 0.298 e. The molecule has 2 amide bonds. The maximum atomic E-state index is 13.0. The first-order valence-electron chi connectivity index (χ1n) is 10.5. The molecule has 3 aromatic carbocycles. The highest BCUT2D eigenvalue weighted by Gasteiger charge is 2.36. The number of carbonyl (C=O) groups excluding carboxylic acids is 2. The summed E-state index contributed by atoms with van der Waals surface area (Å²) in [5.41, 5.74) is 2.44. The van der Waals surface area contributed by atoms with Gasteiger partial charge in [-0.25, -0.2) is 4.90 Å². The summed E-state index contributed by atoms with van der Waals surface area (Å²) in [7, 11) is 0. The first-order chi connectivity index (χ1) is 16.9. The number of imide groups is 1. The first kappa shape index (κ1) is 25.1. The molecule has 35 heavy (non-hydrogen) atoms. The highest BCUT2D eigenvalue weighted by Crippen LogP contribution is 2.39. The molecule has 0 unspecified atom stereocenters. The van der Waals surface area contributed by atoms with E-state index in [0.29, 0.717) is 44.8 Å². The van der Waals surface area contributed by atoms with Gasteiger partial charge in [-0.3, -0.25) is 9.59 Å². The second-order valence-corrected chi connectivity index (χ2v) is 9.91. The Kier molecular flexibility index (Phi) is 8.00. The molecule has 3 aromatic rings. The van der Waals surface area contributed by atoms with Crippen molar-refractivity contribution < 1.29 is 19.1 Å². The fourth-order valence-corrected chi connectivity index (χ4v) is 5.24. The number of anilines is 1. The van der Waals surface area contributed by atoms with Gasteiger partial charge >= 0.3 is 0 Å². The van der Waals surface area contributed by atoms with Crippen LogP contribution in [0.5, 0.6) is 11.5 Å². The van der Waals surface area contributed by atoms with Crippen LogP contribution in [-0.4, -0.2) is 17.8 Å². The third-order valence-corrected chi connectivity index (χ3v) is 6.91. The van der Waals surface area contributed by atoms with Crippen molar-refractivity contribution >= 4 is 68.9 Å². The van der Waals surface area contributed by atoms with E-state index in [2.05, 4.69) is 28.7 Å².